The van der Waals surface area contributed by atoms with Gasteiger partial charge in [-0.3, -0.25) is 0 Å². The molecule has 0 amide bonds. The fraction of sp³-hybridized carbons (Fsp3) is 0.800. The fourth-order valence-electron chi connectivity index (χ4n) is 5.23. The van der Waals surface area contributed by atoms with Gasteiger partial charge in [0, 0.05) is 11.5 Å². The normalized spacial score (nSPS) is 65.7. The first-order chi connectivity index (χ1) is 9.33. The predicted octanol–water partition coefficient (Wildman–Crippen LogP) is 0.554. The average molecular weight is 278 g/mol. The van der Waals surface area contributed by atoms with Crippen LogP contribution < -0.4 is 0 Å². The Labute approximate surface area is 116 Å². The summed E-state index contributed by atoms with van der Waals surface area (Å²) in [6.07, 6.45) is 1.01. The third kappa shape index (κ3) is 0.954. The summed E-state index contributed by atoms with van der Waals surface area (Å²) in [4.78, 5) is 11.9. The van der Waals surface area contributed by atoms with Crippen LogP contribution in [-0.4, -0.2) is 46.2 Å². The molecule has 0 aromatic carbocycles. The van der Waals surface area contributed by atoms with E-state index in [4.69, 9.17) is 14.2 Å². The van der Waals surface area contributed by atoms with E-state index in [1.165, 1.54) is 0 Å². The van der Waals surface area contributed by atoms with Crippen LogP contribution in [0.3, 0.4) is 0 Å². The van der Waals surface area contributed by atoms with Gasteiger partial charge in [0.1, 0.15) is 29.5 Å². The van der Waals surface area contributed by atoms with Crippen LogP contribution in [0.2, 0.25) is 0 Å². The number of esters is 1. The monoisotopic (exact) mass is 278 g/mol. The van der Waals surface area contributed by atoms with E-state index in [2.05, 4.69) is 6.58 Å². The van der Waals surface area contributed by atoms with Crippen molar-refractivity contribution in [3.63, 3.8) is 0 Å². The van der Waals surface area contributed by atoms with Gasteiger partial charge in [0.15, 0.2) is 0 Å². The molecule has 3 aliphatic heterocycles. The highest BCUT2D eigenvalue weighted by atomic mass is 16.7. The van der Waals surface area contributed by atoms with Gasteiger partial charge >= 0.3 is 5.97 Å². The van der Waals surface area contributed by atoms with E-state index in [1.54, 1.807) is 0 Å². The highest BCUT2D eigenvalue weighted by Crippen LogP contribution is 2.75. The molecule has 3 heterocycles. The quantitative estimate of drug-likeness (QED) is 0.398. The minimum absolute atomic E-state index is 0.0250. The van der Waals surface area contributed by atoms with Gasteiger partial charge in [0.2, 0.25) is 0 Å². The Morgan fingerprint density at radius 2 is 2.05 bits per heavy atom. The Bertz CT molecular complexity index is 569. The van der Waals surface area contributed by atoms with Gasteiger partial charge in [-0.25, -0.2) is 4.79 Å². The van der Waals surface area contributed by atoms with Crippen LogP contribution in [0.15, 0.2) is 12.2 Å². The van der Waals surface area contributed by atoms with Gasteiger partial charge in [-0.1, -0.05) is 6.58 Å². The second kappa shape index (κ2) is 2.85. The van der Waals surface area contributed by atoms with E-state index < -0.39 is 11.2 Å². The summed E-state index contributed by atoms with van der Waals surface area (Å²) in [7, 11) is 0. The molecule has 5 fully saturated rings. The lowest BCUT2D eigenvalue weighted by Crippen LogP contribution is -2.53. The zero-order valence-corrected chi connectivity index (χ0v) is 11.6. The molecule has 1 N–H and O–H groups in total. The first-order valence-electron chi connectivity index (χ1n) is 7.31. The van der Waals surface area contributed by atoms with Gasteiger partial charge < -0.3 is 19.3 Å². The Kier molecular flexibility index (Phi) is 1.67. The summed E-state index contributed by atoms with van der Waals surface area (Å²) in [5, 5.41) is 10.9. The molecule has 20 heavy (non-hydrogen) atoms. The number of carbonyl (C=O) groups is 1. The molecule has 1 spiro atoms. The highest BCUT2D eigenvalue weighted by molar-refractivity contribution is 5.91. The van der Waals surface area contributed by atoms with Crippen molar-refractivity contribution in [2.75, 3.05) is 0 Å². The van der Waals surface area contributed by atoms with Crippen LogP contribution in [0.4, 0.5) is 0 Å². The van der Waals surface area contributed by atoms with Crippen LogP contribution in [-0.2, 0) is 19.0 Å². The summed E-state index contributed by atoms with van der Waals surface area (Å²) in [5.74, 6) is -0.430. The summed E-state index contributed by atoms with van der Waals surface area (Å²) >= 11 is 0. The molecular weight excluding hydrogens is 260 g/mol. The Hall–Kier alpha value is -0.910. The molecule has 108 valence electrons. The summed E-state index contributed by atoms with van der Waals surface area (Å²) in [5.41, 5.74) is -1.30. The van der Waals surface area contributed by atoms with Crippen molar-refractivity contribution < 1.29 is 24.1 Å². The van der Waals surface area contributed by atoms with Crippen LogP contribution >= 0.6 is 0 Å². The van der Waals surface area contributed by atoms with Gasteiger partial charge in [0.25, 0.3) is 0 Å². The number of hydrogen-bond acceptors (Lipinski definition) is 5. The molecule has 0 radical (unpaired) electrons. The summed E-state index contributed by atoms with van der Waals surface area (Å²) in [6, 6.07) is 0. The van der Waals surface area contributed by atoms with E-state index in [-0.39, 0.29) is 41.7 Å². The van der Waals surface area contributed by atoms with Crippen LogP contribution in [0.25, 0.3) is 0 Å². The molecule has 5 nitrogen and oxygen atoms in total. The first-order valence-corrected chi connectivity index (χ1v) is 7.31. The van der Waals surface area contributed by atoms with Crippen molar-refractivity contribution in [2.24, 2.45) is 11.8 Å². The van der Waals surface area contributed by atoms with E-state index in [9.17, 15) is 9.90 Å². The lowest BCUT2D eigenvalue weighted by Gasteiger charge is -2.36. The summed E-state index contributed by atoms with van der Waals surface area (Å²) < 4.78 is 17.4. The second-order valence-corrected chi connectivity index (χ2v) is 7.35. The molecule has 3 saturated heterocycles. The lowest BCUT2D eigenvalue weighted by molar-refractivity contribution is -0.147. The maximum atomic E-state index is 11.9. The molecule has 5 heteroatoms. The highest BCUT2D eigenvalue weighted by Gasteiger charge is 2.92. The van der Waals surface area contributed by atoms with Crippen molar-refractivity contribution in [3.8, 4) is 0 Å². The Morgan fingerprint density at radius 1 is 1.30 bits per heavy atom. The zero-order chi connectivity index (χ0) is 14.1. The average Bonchev–Trinajstić information content (AvgIpc) is 3.21. The van der Waals surface area contributed by atoms with Gasteiger partial charge in [-0.15, -0.1) is 0 Å². The predicted molar refractivity (Wildman–Crippen MR) is 66.7 cm³/mol. The van der Waals surface area contributed by atoms with E-state index in [0.29, 0.717) is 18.4 Å². The van der Waals surface area contributed by atoms with Gasteiger partial charge in [-0.05, 0) is 26.7 Å². The third-order valence-corrected chi connectivity index (χ3v) is 6.39. The number of carbonyl (C=O) groups excluding carboxylic acids is 1. The number of fused-ring (bicyclic) bond motifs is 5. The topological polar surface area (TPSA) is 71.6 Å². The Balaban J connectivity index is 1.67. The van der Waals surface area contributed by atoms with E-state index in [1.807, 2.05) is 13.8 Å². The first kappa shape index (κ1) is 11.7. The van der Waals surface area contributed by atoms with Crippen molar-refractivity contribution in [1.29, 1.82) is 0 Å². The maximum absolute atomic E-state index is 11.9. The maximum Gasteiger partial charge on any atom is 0.334 e. The van der Waals surface area contributed by atoms with E-state index >= 15 is 0 Å². The number of ether oxygens (including phenoxy) is 3. The Morgan fingerprint density at radius 3 is 2.80 bits per heavy atom. The van der Waals surface area contributed by atoms with Crippen molar-refractivity contribution in [2.45, 2.75) is 61.8 Å². The number of aliphatic hydroxyl groups is 1. The second-order valence-electron chi connectivity index (χ2n) is 7.35. The molecule has 5 rings (SSSR count). The SMILES string of the molecule is C=C1C(=O)O[C@H]2[C@H]1CC[C@@](C)(O)[C@@]13OC1[C@H]1O[C@@]1(C)[C@H]23. The molecule has 0 aromatic rings. The molecule has 8 atom stereocenters. The number of epoxide rings is 2. The van der Waals surface area contributed by atoms with Gasteiger partial charge in [-0.2, -0.15) is 0 Å². The lowest BCUT2D eigenvalue weighted by atomic mass is 9.74. The molecule has 2 aliphatic carbocycles. The minimum Gasteiger partial charge on any atom is -0.458 e. The minimum atomic E-state index is -0.904. The van der Waals surface area contributed by atoms with Crippen LogP contribution in [0.5, 0.6) is 0 Å². The van der Waals surface area contributed by atoms with Crippen molar-refractivity contribution in [1.82, 2.24) is 0 Å². The standard InChI is InChI=1S/C15H18O5/c1-6-7-4-5-13(2,17)15-9(8(7)18-12(6)16)14(3)10(19-14)11(15)20-15/h7-11,17H,1,4-5H2,2-3H3/t7-,8-,9-,10+,11?,13+,14-,15-/m0/s1. The molecule has 2 saturated carbocycles. The molecule has 5 aliphatic rings. The van der Waals surface area contributed by atoms with Crippen LogP contribution in [0, 0.1) is 11.8 Å². The molecular formula is C15H18O5. The van der Waals surface area contributed by atoms with Crippen molar-refractivity contribution in [3.05, 3.63) is 12.2 Å². The van der Waals surface area contributed by atoms with Crippen molar-refractivity contribution >= 4 is 5.97 Å². The zero-order valence-electron chi connectivity index (χ0n) is 11.6. The number of hydrogen-bond donors (Lipinski definition) is 1. The fourth-order valence-corrected chi connectivity index (χ4v) is 5.23. The van der Waals surface area contributed by atoms with E-state index in [0.717, 1.165) is 0 Å². The molecule has 0 bridgehead atoms. The third-order valence-electron chi connectivity index (χ3n) is 6.39. The number of rotatable bonds is 0. The molecule has 1 unspecified atom stereocenters. The smallest absolute Gasteiger partial charge is 0.334 e. The summed E-state index contributed by atoms with van der Waals surface area (Å²) in [6.45, 7) is 7.78. The van der Waals surface area contributed by atoms with Crippen LogP contribution in [0.1, 0.15) is 26.7 Å². The van der Waals surface area contributed by atoms with Gasteiger partial charge in [0.05, 0.1) is 11.5 Å². The largest absolute Gasteiger partial charge is 0.458 e. The molecule has 0 aromatic heterocycles.